The first kappa shape index (κ1) is 19.2. The quantitative estimate of drug-likeness (QED) is 0.730. The van der Waals surface area contributed by atoms with Crippen LogP contribution in [0.5, 0.6) is 0 Å². The fraction of sp³-hybridized carbons (Fsp3) is 0.565. The Hall–Kier alpha value is -2.17. The van der Waals surface area contributed by atoms with Gasteiger partial charge in [-0.15, -0.1) is 0 Å². The van der Waals surface area contributed by atoms with Crippen LogP contribution < -0.4 is 0 Å². The largest absolute Gasteiger partial charge is 0.341 e. The third-order valence-corrected chi connectivity index (χ3v) is 6.96. The van der Waals surface area contributed by atoms with E-state index >= 15 is 0 Å². The van der Waals surface area contributed by atoms with E-state index in [0.717, 1.165) is 44.1 Å². The number of carbonyl (C=O) groups is 2. The summed E-state index contributed by atoms with van der Waals surface area (Å²) >= 11 is 0. The Labute approximate surface area is 166 Å². The average Bonchev–Trinajstić information content (AvgIpc) is 3.17. The van der Waals surface area contributed by atoms with Gasteiger partial charge in [0.1, 0.15) is 5.82 Å². The number of allylic oxidation sites excluding steroid dienone is 1. The Morgan fingerprint density at radius 2 is 1.89 bits per heavy atom. The first-order valence-corrected chi connectivity index (χ1v) is 10.4. The highest BCUT2D eigenvalue weighted by molar-refractivity contribution is 5.90. The van der Waals surface area contributed by atoms with E-state index in [2.05, 4.69) is 6.08 Å². The highest BCUT2D eigenvalue weighted by Gasteiger charge is 2.50. The molecular formula is C23H29FN2O2. The topological polar surface area (TPSA) is 40.6 Å². The lowest BCUT2D eigenvalue weighted by Gasteiger charge is -2.45. The highest BCUT2D eigenvalue weighted by Crippen LogP contribution is 2.45. The van der Waals surface area contributed by atoms with Crippen LogP contribution in [0, 0.1) is 11.2 Å². The lowest BCUT2D eigenvalue weighted by molar-refractivity contribution is -0.149. The number of amides is 2. The van der Waals surface area contributed by atoms with Crippen LogP contribution in [0.15, 0.2) is 36.4 Å². The average molecular weight is 384 g/mol. The third-order valence-electron chi connectivity index (χ3n) is 6.96. The summed E-state index contributed by atoms with van der Waals surface area (Å²) in [6.07, 6.45) is 9.94. The van der Waals surface area contributed by atoms with Gasteiger partial charge in [-0.1, -0.05) is 37.1 Å². The number of likely N-dealkylation sites (tertiary alicyclic amines) is 1. The molecule has 0 bridgehead atoms. The van der Waals surface area contributed by atoms with E-state index in [-0.39, 0.29) is 17.6 Å². The van der Waals surface area contributed by atoms with E-state index in [4.69, 9.17) is 0 Å². The number of nitrogens with zero attached hydrogens (tertiary/aromatic N) is 2. The van der Waals surface area contributed by atoms with E-state index in [1.54, 1.807) is 11.0 Å². The highest BCUT2D eigenvalue weighted by atomic mass is 19.1. The van der Waals surface area contributed by atoms with E-state index in [9.17, 15) is 14.0 Å². The van der Waals surface area contributed by atoms with Gasteiger partial charge < -0.3 is 9.80 Å². The van der Waals surface area contributed by atoms with Crippen molar-refractivity contribution in [3.63, 3.8) is 0 Å². The molecule has 2 heterocycles. The van der Waals surface area contributed by atoms with Gasteiger partial charge in [0, 0.05) is 26.7 Å². The summed E-state index contributed by atoms with van der Waals surface area (Å²) in [6.45, 7) is 1.77. The molecule has 1 atom stereocenters. The lowest BCUT2D eigenvalue weighted by Crippen LogP contribution is -2.56. The number of hydrogen-bond donors (Lipinski definition) is 0. The molecule has 1 aromatic carbocycles. The van der Waals surface area contributed by atoms with Crippen molar-refractivity contribution in [2.45, 2.75) is 50.4 Å². The fourth-order valence-electron chi connectivity index (χ4n) is 5.46. The fourth-order valence-corrected chi connectivity index (χ4v) is 5.46. The second-order valence-corrected chi connectivity index (χ2v) is 8.77. The Balaban J connectivity index is 1.65. The maximum absolute atomic E-state index is 13.9. The molecule has 0 N–H and O–H groups in total. The molecule has 2 fully saturated rings. The summed E-state index contributed by atoms with van der Waals surface area (Å²) in [7, 11) is 1.84. The third kappa shape index (κ3) is 3.15. The number of rotatable bonds is 2. The van der Waals surface area contributed by atoms with Gasteiger partial charge in [0.15, 0.2) is 0 Å². The van der Waals surface area contributed by atoms with Gasteiger partial charge >= 0.3 is 0 Å². The first-order valence-electron chi connectivity index (χ1n) is 10.4. The summed E-state index contributed by atoms with van der Waals surface area (Å²) in [5, 5.41) is 0. The summed E-state index contributed by atoms with van der Waals surface area (Å²) in [5.74, 6) is -0.0722. The van der Waals surface area contributed by atoms with Gasteiger partial charge in [0.05, 0.1) is 10.8 Å². The van der Waals surface area contributed by atoms with Crippen molar-refractivity contribution in [2.75, 3.05) is 26.7 Å². The number of halogens is 1. The molecule has 1 aliphatic carbocycles. The molecule has 1 unspecified atom stereocenters. The lowest BCUT2D eigenvalue weighted by atomic mass is 9.73. The number of carbonyl (C=O) groups excluding carboxylic acids is 2. The molecule has 2 aliphatic heterocycles. The van der Waals surface area contributed by atoms with Crippen LogP contribution in [0.1, 0.15) is 50.5 Å². The smallest absolute Gasteiger partial charge is 0.233 e. The van der Waals surface area contributed by atoms with Crippen LogP contribution in [0.2, 0.25) is 0 Å². The van der Waals surface area contributed by atoms with Crippen molar-refractivity contribution in [2.24, 2.45) is 5.41 Å². The SMILES string of the molecule is CN1CC=CCC2(CCCN(C(=O)C3(c4cccc(F)c4)CCCC3)C2)C1=O. The van der Waals surface area contributed by atoms with E-state index in [0.29, 0.717) is 26.1 Å². The Bertz CT molecular complexity index is 800. The molecule has 5 heteroatoms. The number of hydrogen-bond acceptors (Lipinski definition) is 2. The zero-order valence-corrected chi connectivity index (χ0v) is 16.6. The normalized spacial score (nSPS) is 27.3. The predicted octanol–water partition coefficient (Wildman–Crippen LogP) is 3.66. The minimum absolute atomic E-state index is 0.0818. The minimum atomic E-state index is -0.643. The maximum atomic E-state index is 13.9. The molecule has 0 radical (unpaired) electrons. The molecule has 150 valence electrons. The van der Waals surface area contributed by atoms with Crippen LogP contribution in [0.3, 0.4) is 0 Å². The molecular weight excluding hydrogens is 355 g/mol. The van der Waals surface area contributed by atoms with Crippen molar-refractivity contribution in [1.82, 2.24) is 9.80 Å². The Kier molecular flexibility index (Phi) is 5.02. The molecule has 1 aromatic rings. The predicted molar refractivity (Wildman–Crippen MR) is 106 cm³/mol. The van der Waals surface area contributed by atoms with Crippen LogP contribution in [0.4, 0.5) is 4.39 Å². The number of benzene rings is 1. The van der Waals surface area contributed by atoms with E-state index in [1.165, 1.54) is 12.1 Å². The zero-order valence-electron chi connectivity index (χ0n) is 16.6. The van der Waals surface area contributed by atoms with Gasteiger partial charge in [-0.2, -0.15) is 0 Å². The van der Waals surface area contributed by atoms with E-state index in [1.807, 2.05) is 24.1 Å². The molecule has 1 spiro atoms. The zero-order chi connectivity index (χ0) is 19.8. The Morgan fingerprint density at radius 1 is 1.11 bits per heavy atom. The molecule has 28 heavy (non-hydrogen) atoms. The van der Waals surface area contributed by atoms with Crippen molar-refractivity contribution in [3.05, 3.63) is 47.8 Å². The minimum Gasteiger partial charge on any atom is -0.341 e. The summed E-state index contributed by atoms with van der Waals surface area (Å²) in [6, 6.07) is 6.54. The number of likely N-dealkylation sites (N-methyl/N-ethyl adjacent to an activating group) is 1. The van der Waals surface area contributed by atoms with Gasteiger partial charge in [-0.25, -0.2) is 4.39 Å². The number of piperidine rings is 1. The van der Waals surface area contributed by atoms with E-state index < -0.39 is 10.8 Å². The van der Waals surface area contributed by atoms with Crippen LogP contribution in [-0.2, 0) is 15.0 Å². The van der Waals surface area contributed by atoms with Crippen LogP contribution in [-0.4, -0.2) is 48.3 Å². The first-order chi connectivity index (χ1) is 13.5. The second-order valence-electron chi connectivity index (χ2n) is 8.77. The van der Waals surface area contributed by atoms with Crippen molar-refractivity contribution < 1.29 is 14.0 Å². The van der Waals surface area contributed by atoms with Crippen molar-refractivity contribution >= 4 is 11.8 Å². The molecule has 1 saturated heterocycles. The molecule has 1 saturated carbocycles. The van der Waals surface area contributed by atoms with Gasteiger partial charge in [0.2, 0.25) is 11.8 Å². The van der Waals surface area contributed by atoms with Crippen LogP contribution in [0.25, 0.3) is 0 Å². The van der Waals surface area contributed by atoms with Crippen molar-refractivity contribution in [1.29, 1.82) is 0 Å². The van der Waals surface area contributed by atoms with Gasteiger partial charge in [-0.05, 0) is 49.8 Å². The Morgan fingerprint density at radius 3 is 2.64 bits per heavy atom. The monoisotopic (exact) mass is 384 g/mol. The molecule has 2 amide bonds. The molecule has 4 rings (SSSR count). The summed E-state index contributed by atoms with van der Waals surface area (Å²) in [4.78, 5) is 30.6. The molecule has 3 aliphatic rings. The maximum Gasteiger partial charge on any atom is 0.233 e. The van der Waals surface area contributed by atoms with Gasteiger partial charge in [-0.3, -0.25) is 9.59 Å². The molecule has 4 nitrogen and oxygen atoms in total. The van der Waals surface area contributed by atoms with Crippen molar-refractivity contribution in [3.8, 4) is 0 Å². The summed E-state index contributed by atoms with van der Waals surface area (Å²) in [5.41, 5.74) is -0.369. The van der Waals surface area contributed by atoms with Crippen LogP contribution >= 0.6 is 0 Å². The van der Waals surface area contributed by atoms with Gasteiger partial charge in [0.25, 0.3) is 0 Å². The second kappa shape index (κ2) is 7.34. The molecule has 0 aromatic heterocycles. The standard InChI is InChI=1S/C23H29FN2O2/c1-25-14-5-4-10-22(20(25)27)11-7-15-26(17-22)21(28)23(12-2-3-13-23)18-8-6-9-19(24)16-18/h4-6,8-9,16H,2-3,7,10-15,17H2,1H3. The summed E-state index contributed by atoms with van der Waals surface area (Å²) < 4.78 is 13.9.